The van der Waals surface area contributed by atoms with E-state index in [1.165, 1.54) is 11.8 Å². The number of hydrogen-bond donors (Lipinski definition) is 3. The lowest BCUT2D eigenvalue weighted by atomic mass is 10.2. The van der Waals surface area contributed by atoms with Gasteiger partial charge < -0.3 is 15.7 Å². The molecule has 0 fully saturated rings. The SMILES string of the molecule is O=C(C[C@H]1Sc2ccccc2NC1=O)Nc1cccc(CO)c1. The average molecular weight is 328 g/mol. The molecule has 1 atom stereocenters. The number of aliphatic hydroxyl groups is 1. The van der Waals surface area contributed by atoms with Crippen molar-refractivity contribution in [2.45, 2.75) is 23.2 Å². The first kappa shape index (κ1) is 15.6. The van der Waals surface area contributed by atoms with Crippen LogP contribution in [0.1, 0.15) is 12.0 Å². The monoisotopic (exact) mass is 328 g/mol. The van der Waals surface area contributed by atoms with Crippen LogP contribution in [0.5, 0.6) is 0 Å². The third kappa shape index (κ3) is 3.72. The number of fused-ring (bicyclic) bond motifs is 1. The third-order valence-corrected chi connectivity index (χ3v) is 4.75. The van der Waals surface area contributed by atoms with Crippen molar-refractivity contribution in [2.24, 2.45) is 0 Å². The first-order valence-electron chi connectivity index (χ1n) is 7.22. The van der Waals surface area contributed by atoms with Crippen LogP contribution in [-0.4, -0.2) is 22.2 Å². The van der Waals surface area contributed by atoms with E-state index in [0.717, 1.165) is 16.1 Å². The molecule has 2 amide bonds. The van der Waals surface area contributed by atoms with Gasteiger partial charge in [0.15, 0.2) is 0 Å². The zero-order valence-electron chi connectivity index (χ0n) is 12.3. The van der Waals surface area contributed by atoms with Crippen LogP contribution < -0.4 is 10.6 Å². The van der Waals surface area contributed by atoms with Gasteiger partial charge in [-0.15, -0.1) is 11.8 Å². The van der Waals surface area contributed by atoms with Gasteiger partial charge in [-0.3, -0.25) is 9.59 Å². The summed E-state index contributed by atoms with van der Waals surface area (Å²) in [6.07, 6.45) is 0.0915. The smallest absolute Gasteiger partial charge is 0.238 e. The highest BCUT2D eigenvalue weighted by Gasteiger charge is 2.28. The molecule has 1 aliphatic rings. The number of amides is 2. The number of aliphatic hydroxyl groups excluding tert-OH is 1. The van der Waals surface area contributed by atoms with Gasteiger partial charge in [-0.1, -0.05) is 24.3 Å². The Labute approximate surface area is 138 Å². The Morgan fingerprint density at radius 2 is 2.04 bits per heavy atom. The summed E-state index contributed by atoms with van der Waals surface area (Å²) >= 11 is 1.40. The maximum atomic E-state index is 12.2. The molecule has 1 aliphatic heterocycles. The lowest BCUT2D eigenvalue weighted by Gasteiger charge is -2.23. The normalized spacial score (nSPS) is 16.4. The molecule has 0 saturated heterocycles. The van der Waals surface area contributed by atoms with Crippen LogP contribution in [-0.2, 0) is 16.2 Å². The van der Waals surface area contributed by atoms with E-state index in [2.05, 4.69) is 10.6 Å². The molecule has 0 radical (unpaired) electrons. The molecule has 3 N–H and O–H groups in total. The Bertz CT molecular complexity index is 748. The van der Waals surface area contributed by atoms with E-state index in [0.29, 0.717) is 5.69 Å². The van der Waals surface area contributed by atoms with Gasteiger partial charge >= 0.3 is 0 Å². The van der Waals surface area contributed by atoms with Crippen LogP contribution in [0.2, 0.25) is 0 Å². The number of thioether (sulfide) groups is 1. The van der Waals surface area contributed by atoms with Crippen LogP contribution in [0.25, 0.3) is 0 Å². The predicted octanol–water partition coefficient (Wildman–Crippen LogP) is 2.62. The molecule has 0 bridgehead atoms. The van der Waals surface area contributed by atoms with E-state index in [1.807, 2.05) is 24.3 Å². The number of para-hydroxylation sites is 1. The number of anilines is 2. The molecule has 5 nitrogen and oxygen atoms in total. The van der Waals surface area contributed by atoms with Gasteiger partial charge in [0.25, 0.3) is 0 Å². The summed E-state index contributed by atoms with van der Waals surface area (Å²) in [5.74, 6) is -0.389. The maximum Gasteiger partial charge on any atom is 0.238 e. The number of hydrogen-bond acceptors (Lipinski definition) is 4. The molecule has 3 rings (SSSR count). The summed E-state index contributed by atoms with van der Waals surface area (Å²) < 4.78 is 0. The summed E-state index contributed by atoms with van der Waals surface area (Å²) in [5, 5.41) is 14.3. The second-order valence-electron chi connectivity index (χ2n) is 5.20. The average Bonchev–Trinajstić information content (AvgIpc) is 2.55. The molecule has 0 aromatic heterocycles. The fourth-order valence-corrected chi connectivity index (χ4v) is 3.47. The first-order valence-corrected chi connectivity index (χ1v) is 8.10. The fourth-order valence-electron chi connectivity index (χ4n) is 2.35. The van der Waals surface area contributed by atoms with Gasteiger partial charge in [-0.05, 0) is 29.8 Å². The van der Waals surface area contributed by atoms with Crippen molar-refractivity contribution < 1.29 is 14.7 Å². The minimum Gasteiger partial charge on any atom is -0.392 e. The van der Waals surface area contributed by atoms with Gasteiger partial charge in [-0.2, -0.15) is 0 Å². The standard InChI is InChI=1S/C17H16N2O3S/c20-10-11-4-3-5-12(8-11)18-16(21)9-15-17(22)19-13-6-1-2-7-14(13)23-15/h1-8,15,20H,9-10H2,(H,18,21)(H,19,22)/t15-/m1/s1. The molecule has 2 aromatic rings. The quantitative estimate of drug-likeness (QED) is 0.806. The summed E-state index contributed by atoms with van der Waals surface area (Å²) in [6.45, 7) is -0.0820. The van der Waals surface area contributed by atoms with Crippen molar-refractivity contribution in [3.05, 3.63) is 54.1 Å². The molecule has 1 heterocycles. The molecule has 0 aliphatic carbocycles. The Morgan fingerprint density at radius 3 is 2.87 bits per heavy atom. The molecule has 0 unspecified atom stereocenters. The number of rotatable bonds is 4. The number of carbonyl (C=O) groups is 2. The van der Waals surface area contributed by atoms with Gasteiger partial charge in [0.2, 0.25) is 11.8 Å². The molecule has 0 spiro atoms. The third-order valence-electron chi connectivity index (χ3n) is 3.47. The summed E-state index contributed by atoms with van der Waals surface area (Å²) in [4.78, 5) is 25.2. The van der Waals surface area contributed by atoms with Crippen LogP contribution in [0.3, 0.4) is 0 Å². The fraction of sp³-hybridized carbons (Fsp3) is 0.176. The van der Waals surface area contributed by atoms with E-state index in [1.54, 1.807) is 24.3 Å². The summed E-state index contributed by atoms with van der Waals surface area (Å²) in [7, 11) is 0. The lowest BCUT2D eigenvalue weighted by molar-refractivity contribution is -0.120. The zero-order valence-corrected chi connectivity index (χ0v) is 13.1. The maximum absolute atomic E-state index is 12.2. The lowest BCUT2D eigenvalue weighted by Crippen LogP contribution is -2.32. The van der Waals surface area contributed by atoms with Crippen molar-refractivity contribution in [1.29, 1.82) is 0 Å². The van der Waals surface area contributed by atoms with Gasteiger partial charge in [0.05, 0.1) is 17.5 Å². The summed E-state index contributed by atoms with van der Waals surface area (Å²) in [6, 6.07) is 14.5. The van der Waals surface area contributed by atoms with Crippen molar-refractivity contribution in [1.82, 2.24) is 0 Å². The molecular formula is C17H16N2O3S. The molecule has 2 aromatic carbocycles. The van der Waals surface area contributed by atoms with Crippen molar-refractivity contribution >= 4 is 35.0 Å². The zero-order chi connectivity index (χ0) is 16.2. The molecule has 6 heteroatoms. The number of nitrogens with one attached hydrogen (secondary N) is 2. The van der Waals surface area contributed by atoms with Crippen LogP contribution >= 0.6 is 11.8 Å². The van der Waals surface area contributed by atoms with E-state index in [4.69, 9.17) is 5.11 Å². The Kier molecular flexibility index (Phi) is 4.64. The van der Waals surface area contributed by atoms with Gasteiger partial charge in [0, 0.05) is 17.0 Å². The largest absolute Gasteiger partial charge is 0.392 e. The van der Waals surface area contributed by atoms with Crippen LogP contribution in [0.15, 0.2) is 53.4 Å². The van der Waals surface area contributed by atoms with E-state index >= 15 is 0 Å². The number of benzene rings is 2. The van der Waals surface area contributed by atoms with Crippen molar-refractivity contribution in [2.75, 3.05) is 10.6 Å². The predicted molar refractivity (Wildman–Crippen MR) is 90.3 cm³/mol. The second kappa shape index (κ2) is 6.85. The minimum atomic E-state index is -0.453. The van der Waals surface area contributed by atoms with Gasteiger partial charge in [-0.25, -0.2) is 0 Å². The first-order chi connectivity index (χ1) is 11.2. The van der Waals surface area contributed by atoms with Gasteiger partial charge in [0.1, 0.15) is 0 Å². The Balaban J connectivity index is 1.65. The van der Waals surface area contributed by atoms with E-state index in [-0.39, 0.29) is 24.8 Å². The molecule has 0 saturated carbocycles. The highest BCUT2D eigenvalue weighted by Crippen LogP contribution is 2.36. The van der Waals surface area contributed by atoms with Crippen LogP contribution in [0.4, 0.5) is 11.4 Å². The van der Waals surface area contributed by atoms with E-state index < -0.39 is 5.25 Å². The van der Waals surface area contributed by atoms with Crippen LogP contribution in [0, 0.1) is 0 Å². The van der Waals surface area contributed by atoms with Crippen molar-refractivity contribution in [3.63, 3.8) is 0 Å². The van der Waals surface area contributed by atoms with Crippen molar-refractivity contribution in [3.8, 4) is 0 Å². The Hall–Kier alpha value is -2.31. The molecule has 118 valence electrons. The Morgan fingerprint density at radius 1 is 1.22 bits per heavy atom. The topological polar surface area (TPSA) is 78.4 Å². The minimum absolute atomic E-state index is 0.0820. The molecular weight excluding hydrogens is 312 g/mol. The highest BCUT2D eigenvalue weighted by atomic mass is 32.2. The number of carbonyl (C=O) groups excluding carboxylic acids is 2. The second-order valence-corrected chi connectivity index (χ2v) is 6.45. The molecule has 23 heavy (non-hydrogen) atoms. The highest BCUT2D eigenvalue weighted by molar-refractivity contribution is 8.01. The van der Waals surface area contributed by atoms with E-state index in [9.17, 15) is 9.59 Å². The summed E-state index contributed by atoms with van der Waals surface area (Å²) in [5.41, 5.74) is 2.12.